The van der Waals surface area contributed by atoms with E-state index < -0.39 is 10.0 Å². The molecule has 0 N–H and O–H groups in total. The van der Waals surface area contributed by atoms with Crippen molar-refractivity contribution in [2.45, 2.75) is 75.3 Å². The van der Waals surface area contributed by atoms with E-state index in [0.717, 1.165) is 36.7 Å². The highest BCUT2D eigenvalue weighted by molar-refractivity contribution is 7.89. The Morgan fingerprint density at radius 3 is 2.54 bits per heavy atom. The van der Waals surface area contributed by atoms with E-state index in [1.807, 2.05) is 19.1 Å². The minimum atomic E-state index is -3.40. The molecule has 158 valence electrons. The number of sulfonamides is 1. The van der Waals surface area contributed by atoms with E-state index in [1.54, 1.807) is 23.5 Å². The molecule has 2 saturated carbocycles. The number of piperidine rings is 1. The fourth-order valence-corrected chi connectivity index (χ4v) is 7.20. The summed E-state index contributed by atoms with van der Waals surface area (Å²) < 4.78 is 27.8. The van der Waals surface area contributed by atoms with Gasteiger partial charge in [0.1, 0.15) is 0 Å². The fraction of sp³-hybridized carbons (Fsp3) is 0.727. The standard InChI is InChI=1S/C22H34N2O2S.ClH/c1-17-6-5-9-22(14-17)27(25,26)23(2)20-10-11-21(15-20)24-13-12-18-7-3-4-8-19(18)16-24;/h5-6,9,14,18-21H,3-4,7-8,10-13,15-16H2,1-2H3;1H/t18?,19?,20-,21+;/m1./s1. The molecule has 3 fully saturated rings. The summed E-state index contributed by atoms with van der Waals surface area (Å²) in [5.41, 5.74) is 0.990. The van der Waals surface area contributed by atoms with Crippen molar-refractivity contribution in [1.29, 1.82) is 0 Å². The molecular formula is C22H35ClN2O2S. The highest BCUT2D eigenvalue weighted by Gasteiger charge is 2.39. The van der Waals surface area contributed by atoms with Crippen molar-refractivity contribution in [2.75, 3.05) is 20.1 Å². The van der Waals surface area contributed by atoms with Gasteiger partial charge in [-0.1, -0.05) is 31.4 Å². The van der Waals surface area contributed by atoms with Crippen LogP contribution in [0.15, 0.2) is 29.2 Å². The number of hydrogen-bond acceptors (Lipinski definition) is 3. The summed E-state index contributed by atoms with van der Waals surface area (Å²) >= 11 is 0. The zero-order valence-electron chi connectivity index (χ0n) is 17.2. The molecule has 1 aromatic rings. The lowest BCUT2D eigenvalue weighted by atomic mass is 9.75. The van der Waals surface area contributed by atoms with Gasteiger partial charge >= 0.3 is 0 Å². The quantitative estimate of drug-likeness (QED) is 0.713. The van der Waals surface area contributed by atoms with Crippen molar-refractivity contribution in [3.8, 4) is 0 Å². The largest absolute Gasteiger partial charge is 0.300 e. The molecule has 0 amide bonds. The molecule has 2 unspecified atom stereocenters. The normalized spacial score (nSPS) is 31.4. The fourth-order valence-electron chi connectivity index (χ4n) is 5.70. The second-order valence-electron chi connectivity index (χ2n) is 9.05. The van der Waals surface area contributed by atoms with E-state index in [9.17, 15) is 8.42 Å². The van der Waals surface area contributed by atoms with Gasteiger partial charge < -0.3 is 4.90 Å². The SMILES string of the molecule is Cc1cccc(S(=O)(=O)N(C)[C@@H]2CC[C@H](N3CCC4CCCCC4C3)C2)c1.Cl. The second kappa shape index (κ2) is 9.03. The van der Waals surface area contributed by atoms with Crippen LogP contribution in [0.2, 0.25) is 0 Å². The molecule has 0 radical (unpaired) electrons. The minimum Gasteiger partial charge on any atom is -0.300 e. The van der Waals surface area contributed by atoms with Crippen LogP contribution in [0.25, 0.3) is 0 Å². The monoisotopic (exact) mass is 426 g/mol. The highest BCUT2D eigenvalue weighted by Crippen LogP contribution is 2.39. The third kappa shape index (κ3) is 4.43. The molecule has 3 aliphatic rings. The summed E-state index contributed by atoms with van der Waals surface area (Å²) in [6, 6.07) is 7.98. The van der Waals surface area contributed by atoms with Crippen molar-refractivity contribution in [2.24, 2.45) is 11.8 Å². The van der Waals surface area contributed by atoms with Crippen molar-refractivity contribution in [1.82, 2.24) is 9.21 Å². The Hall–Kier alpha value is -0.620. The maximum Gasteiger partial charge on any atom is 0.243 e. The van der Waals surface area contributed by atoms with Gasteiger partial charge in [-0.05, 0) is 75.1 Å². The van der Waals surface area contributed by atoms with Crippen molar-refractivity contribution in [3.63, 3.8) is 0 Å². The number of benzene rings is 1. The number of aryl methyl sites for hydroxylation is 1. The maximum atomic E-state index is 13.1. The summed E-state index contributed by atoms with van der Waals surface area (Å²) in [6.07, 6.45) is 10.1. The van der Waals surface area contributed by atoms with Gasteiger partial charge in [0, 0.05) is 25.7 Å². The molecule has 2 aliphatic carbocycles. The van der Waals surface area contributed by atoms with E-state index in [0.29, 0.717) is 10.9 Å². The van der Waals surface area contributed by atoms with Gasteiger partial charge in [0.05, 0.1) is 4.90 Å². The van der Waals surface area contributed by atoms with E-state index in [2.05, 4.69) is 4.90 Å². The van der Waals surface area contributed by atoms with Gasteiger partial charge in [-0.2, -0.15) is 4.31 Å². The van der Waals surface area contributed by atoms with Crippen molar-refractivity contribution in [3.05, 3.63) is 29.8 Å². The molecule has 6 heteroatoms. The molecular weight excluding hydrogens is 392 g/mol. The Balaban J connectivity index is 0.00000225. The maximum absolute atomic E-state index is 13.1. The summed E-state index contributed by atoms with van der Waals surface area (Å²) in [4.78, 5) is 3.12. The first-order chi connectivity index (χ1) is 12.9. The summed E-state index contributed by atoms with van der Waals surface area (Å²) in [7, 11) is -1.63. The molecule has 0 aromatic heterocycles. The van der Waals surface area contributed by atoms with Crippen LogP contribution < -0.4 is 0 Å². The molecule has 0 spiro atoms. The second-order valence-corrected chi connectivity index (χ2v) is 11.0. The summed E-state index contributed by atoms with van der Waals surface area (Å²) in [5.74, 6) is 1.84. The van der Waals surface area contributed by atoms with Crippen LogP contribution >= 0.6 is 12.4 Å². The van der Waals surface area contributed by atoms with Gasteiger partial charge in [-0.25, -0.2) is 8.42 Å². The molecule has 4 atom stereocenters. The number of fused-ring (bicyclic) bond motifs is 1. The van der Waals surface area contributed by atoms with Crippen LogP contribution in [0.1, 0.15) is 56.9 Å². The zero-order valence-corrected chi connectivity index (χ0v) is 18.9. The van der Waals surface area contributed by atoms with Crippen LogP contribution in [-0.2, 0) is 10.0 Å². The number of hydrogen-bond donors (Lipinski definition) is 0. The Bertz CT molecular complexity index is 770. The molecule has 1 heterocycles. The summed E-state index contributed by atoms with van der Waals surface area (Å²) in [5, 5.41) is 0. The Morgan fingerprint density at radius 1 is 1.04 bits per heavy atom. The molecule has 4 rings (SSSR count). The molecule has 0 bridgehead atoms. The third-order valence-electron chi connectivity index (χ3n) is 7.40. The lowest BCUT2D eigenvalue weighted by molar-refractivity contribution is 0.0571. The van der Waals surface area contributed by atoms with Gasteiger partial charge in [0.2, 0.25) is 10.0 Å². The third-order valence-corrected chi connectivity index (χ3v) is 9.30. The average Bonchev–Trinajstić information content (AvgIpc) is 3.17. The van der Waals surface area contributed by atoms with Gasteiger partial charge in [-0.15, -0.1) is 12.4 Å². The molecule has 28 heavy (non-hydrogen) atoms. The first-order valence-electron chi connectivity index (χ1n) is 10.7. The molecule has 1 aliphatic heterocycles. The zero-order chi connectivity index (χ0) is 19.0. The summed E-state index contributed by atoms with van der Waals surface area (Å²) in [6.45, 7) is 4.41. The van der Waals surface area contributed by atoms with Crippen LogP contribution in [0.4, 0.5) is 0 Å². The molecule has 4 nitrogen and oxygen atoms in total. The molecule has 1 aromatic carbocycles. The Labute approximate surface area is 177 Å². The predicted molar refractivity (Wildman–Crippen MR) is 116 cm³/mol. The Kier molecular flexibility index (Phi) is 7.12. The van der Waals surface area contributed by atoms with Crippen molar-refractivity contribution >= 4 is 22.4 Å². The lowest BCUT2D eigenvalue weighted by Crippen LogP contribution is -2.46. The first-order valence-corrected chi connectivity index (χ1v) is 12.2. The smallest absolute Gasteiger partial charge is 0.243 e. The minimum absolute atomic E-state index is 0. The van der Waals surface area contributed by atoms with E-state index in [1.165, 1.54) is 45.2 Å². The topological polar surface area (TPSA) is 40.6 Å². The molecule has 1 saturated heterocycles. The Morgan fingerprint density at radius 2 is 1.79 bits per heavy atom. The van der Waals surface area contributed by atoms with Crippen LogP contribution in [0.5, 0.6) is 0 Å². The van der Waals surface area contributed by atoms with E-state index >= 15 is 0 Å². The first kappa shape index (κ1) is 22.1. The van der Waals surface area contributed by atoms with Crippen LogP contribution in [0, 0.1) is 18.8 Å². The number of halogens is 1. The lowest BCUT2D eigenvalue weighted by Gasteiger charge is -2.43. The predicted octanol–water partition coefficient (Wildman–Crippen LogP) is 4.47. The highest BCUT2D eigenvalue weighted by atomic mass is 35.5. The van der Waals surface area contributed by atoms with Crippen molar-refractivity contribution < 1.29 is 8.42 Å². The van der Waals surface area contributed by atoms with Gasteiger partial charge in [0.15, 0.2) is 0 Å². The van der Waals surface area contributed by atoms with Crippen LogP contribution in [0.3, 0.4) is 0 Å². The number of nitrogens with zero attached hydrogens (tertiary/aromatic N) is 2. The van der Waals surface area contributed by atoms with E-state index in [-0.39, 0.29) is 18.4 Å². The number of likely N-dealkylation sites (tertiary alicyclic amines) is 1. The average molecular weight is 427 g/mol. The van der Waals surface area contributed by atoms with Gasteiger partial charge in [-0.3, -0.25) is 0 Å². The van der Waals surface area contributed by atoms with E-state index in [4.69, 9.17) is 0 Å². The number of rotatable bonds is 4. The van der Waals surface area contributed by atoms with Gasteiger partial charge in [0.25, 0.3) is 0 Å². The van der Waals surface area contributed by atoms with Crippen LogP contribution in [-0.4, -0.2) is 49.8 Å².